The van der Waals surface area contributed by atoms with Crippen LogP contribution in [-0.4, -0.2) is 36.8 Å². The van der Waals surface area contributed by atoms with Crippen molar-refractivity contribution in [2.45, 2.75) is 63.6 Å². The molecule has 1 fully saturated rings. The maximum Gasteiger partial charge on any atom is 0.390 e. The number of hydrogen-bond acceptors (Lipinski definition) is 4. The Labute approximate surface area is 238 Å². The summed E-state index contributed by atoms with van der Waals surface area (Å²) in [4.78, 5) is 27.2. The van der Waals surface area contributed by atoms with E-state index in [0.717, 1.165) is 29.5 Å². The van der Waals surface area contributed by atoms with Gasteiger partial charge in [0.05, 0.1) is 36.7 Å². The summed E-state index contributed by atoms with van der Waals surface area (Å²) in [5, 5.41) is 13.1. The minimum atomic E-state index is -4.38. The number of carboxylic acid groups (broad SMARTS) is 1. The lowest BCUT2D eigenvalue weighted by Gasteiger charge is -2.30. The largest absolute Gasteiger partial charge is 0.497 e. The number of carboxylic acids is 1. The van der Waals surface area contributed by atoms with E-state index >= 15 is 0 Å². The lowest BCUT2D eigenvalue weighted by molar-refractivity contribution is -0.143. The number of alkyl halides is 3. The van der Waals surface area contributed by atoms with Gasteiger partial charge in [0.15, 0.2) is 0 Å². The van der Waals surface area contributed by atoms with Crippen LogP contribution >= 0.6 is 0 Å². The number of aliphatic carboxylic acids is 1. The Hall–Kier alpha value is -4.01. The van der Waals surface area contributed by atoms with E-state index in [1.54, 1.807) is 47.4 Å². The van der Waals surface area contributed by atoms with Crippen molar-refractivity contribution in [3.63, 3.8) is 0 Å². The highest BCUT2D eigenvalue weighted by atomic mass is 19.4. The molecule has 1 amide bonds. The average Bonchev–Trinajstić information content (AvgIpc) is 3.44. The fourth-order valence-corrected chi connectivity index (χ4v) is 5.40. The summed E-state index contributed by atoms with van der Waals surface area (Å²) in [5.41, 5.74) is 2.73. The lowest BCUT2D eigenvalue weighted by atomic mass is 9.78. The molecule has 0 bridgehead atoms. The molecule has 0 radical (unpaired) electrons. The molecule has 1 aliphatic carbocycles. The second-order valence-corrected chi connectivity index (χ2v) is 10.7. The van der Waals surface area contributed by atoms with Crippen LogP contribution in [0.4, 0.5) is 24.5 Å². The lowest BCUT2D eigenvalue weighted by Crippen LogP contribution is -2.33. The number of anilines is 2. The highest BCUT2D eigenvalue weighted by Gasteiger charge is 2.43. The predicted molar refractivity (Wildman–Crippen MR) is 152 cm³/mol. The van der Waals surface area contributed by atoms with Crippen LogP contribution in [0, 0.1) is 6.92 Å². The van der Waals surface area contributed by atoms with Crippen LogP contribution in [0.25, 0.3) is 0 Å². The van der Waals surface area contributed by atoms with Crippen molar-refractivity contribution >= 4 is 23.3 Å². The number of ether oxygens (including phenoxy) is 1. The number of aryl methyl sites for hydroxylation is 1. The number of nitrogens with zero attached hydrogens (tertiary/aromatic N) is 1. The van der Waals surface area contributed by atoms with Gasteiger partial charge in [-0.1, -0.05) is 60.9 Å². The van der Waals surface area contributed by atoms with Gasteiger partial charge in [-0.3, -0.25) is 9.59 Å². The second kappa shape index (κ2) is 12.7. The van der Waals surface area contributed by atoms with Crippen LogP contribution in [-0.2, 0) is 28.0 Å². The van der Waals surface area contributed by atoms with Crippen molar-refractivity contribution in [1.82, 2.24) is 0 Å². The first-order valence-corrected chi connectivity index (χ1v) is 13.7. The molecule has 4 rings (SSSR count). The molecule has 1 saturated carbocycles. The van der Waals surface area contributed by atoms with Crippen molar-refractivity contribution in [2.24, 2.45) is 0 Å². The molecule has 9 heteroatoms. The van der Waals surface area contributed by atoms with Gasteiger partial charge in [0.1, 0.15) is 5.75 Å². The molecule has 1 aliphatic rings. The number of nitrogens with one attached hydrogen (secondary N) is 1. The predicted octanol–water partition coefficient (Wildman–Crippen LogP) is 7.04. The zero-order valence-corrected chi connectivity index (χ0v) is 23.3. The van der Waals surface area contributed by atoms with Crippen LogP contribution in [0.15, 0.2) is 66.7 Å². The Balaban J connectivity index is 1.73. The van der Waals surface area contributed by atoms with E-state index < -0.39 is 24.0 Å². The summed E-state index contributed by atoms with van der Waals surface area (Å²) in [5.74, 6) is -0.658. The Kier molecular flexibility index (Phi) is 9.25. The maximum absolute atomic E-state index is 13.4. The maximum atomic E-state index is 13.4. The molecule has 0 aromatic heterocycles. The molecule has 3 aromatic rings. The van der Waals surface area contributed by atoms with Gasteiger partial charge in [-0.05, 0) is 60.7 Å². The second-order valence-electron chi connectivity index (χ2n) is 10.7. The fraction of sp³-hybridized carbons (Fsp3) is 0.375. The molecule has 0 heterocycles. The van der Waals surface area contributed by atoms with E-state index in [9.17, 15) is 27.9 Å². The summed E-state index contributed by atoms with van der Waals surface area (Å²) in [6.07, 6.45) is -2.93. The number of carbonyl (C=O) groups excluding carboxylic acids is 1. The van der Waals surface area contributed by atoms with E-state index in [2.05, 4.69) is 5.32 Å². The smallest absolute Gasteiger partial charge is 0.390 e. The molecule has 0 saturated heterocycles. The SMILES string of the molecule is COc1ccc(CN(CCC(F)(F)F)c2ccc(C3(C(=O)O)CCCC3)cc2NC(=O)Cc2ccc(C)cc2)cc1. The Morgan fingerprint density at radius 1 is 0.976 bits per heavy atom. The van der Waals surface area contributed by atoms with Crippen LogP contribution in [0.2, 0.25) is 0 Å². The van der Waals surface area contributed by atoms with Gasteiger partial charge in [-0.25, -0.2) is 0 Å². The molecule has 218 valence electrons. The number of hydrogen-bond donors (Lipinski definition) is 2. The van der Waals surface area contributed by atoms with E-state index in [1.165, 1.54) is 7.11 Å². The topological polar surface area (TPSA) is 78.9 Å². The van der Waals surface area contributed by atoms with E-state index in [4.69, 9.17) is 4.74 Å². The normalized spacial score (nSPS) is 14.5. The number of benzene rings is 3. The number of halogens is 3. The molecule has 2 N–H and O–H groups in total. The zero-order valence-electron chi connectivity index (χ0n) is 23.3. The summed E-state index contributed by atoms with van der Waals surface area (Å²) in [6, 6.07) is 19.5. The van der Waals surface area contributed by atoms with Gasteiger partial charge in [0, 0.05) is 13.1 Å². The minimum absolute atomic E-state index is 0.0645. The molecule has 41 heavy (non-hydrogen) atoms. The van der Waals surface area contributed by atoms with E-state index in [-0.39, 0.29) is 25.4 Å². The van der Waals surface area contributed by atoms with Gasteiger partial charge in [0.25, 0.3) is 0 Å². The Morgan fingerprint density at radius 2 is 1.61 bits per heavy atom. The summed E-state index contributed by atoms with van der Waals surface area (Å²) >= 11 is 0. The molecular weight excluding hydrogens is 533 g/mol. The van der Waals surface area contributed by atoms with Gasteiger partial charge in [-0.15, -0.1) is 0 Å². The fourth-order valence-electron chi connectivity index (χ4n) is 5.40. The molecular formula is C32H35F3N2O4. The first-order chi connectivity index (χ1) is 19.5. The van der Waals surface area contributed by atoms with Crippen LogP contribution in [0.3, 0.4) is 0 Å². The van der Waals surface area contributed by atoms with Crippen molar-refractivity contribution in [1.29, 1.82) is 0 Å². The number of methoxy groups -OCH3 is 1. The standard InChI is InChI=1S/C32H35F3N2O4/c1-22-5-7-23(8-6-22)19-29(38)36-27-20-25(31(30(39)40)15-3-4-16-31)11-14-28(27)37(18-17-32(33,34)35)21-24-9-12-26(41-2)13-10-24/h5-14,20H,3-4,15-19,21H2,1-2H3,(H,36,38)(H,39,40). The van der Waals surface area contributed by atoms with Gasteiger partial charge in [-0.2, -0.15) is 13.2 Å². The molecule has 0 atom stereocenters. The van der Waals surface area contributed by atoms with E-state index in [1.807, 2.05) is 31.2 Å². The molecule has 0 spiro atoms. The first kappa shape index (κ1) is 30.0. The molecule has 0 aliphatic heterocycles. The van der Waals surface area contributed by atoms with E-state index in [0.29, 0.717) is 35.5 Å². The zero-order chi connectivity index (χ0) is 29.6. The average molecular weight is 569 g/mol. The third-order valence-corrected chi connectivity index (χ3v) is 7.71. The van der Waals surface area contributed by atoms with Gasteiger partial charge in [0.2, 0.25) is 5.91 Å². The number of rotatable bonds is 11. The quantitative estimate of drug-likeness (QED) is 0.259. The summed E-state index contributed by atoms with van der Waals surface area (Å²) in [7, 11) is 1.53. The monoisotopic (exact) mass is 568 g/mol. The van der Waals surface area contributed by atoms with Crippen LogP contribution in [0.1, 0.15) is 54.4 Å². The van der Waals surface area contributed by atoms with Gasteiger partial charge < -0.3 is 20.1 Å². The summed E-state index contributed by atoms with van der Waals surface area (Å²) in [6.45, 7) is 1.74. The van der Waals surface area contributed by atoms with Crippen molar-refractivity contribution in [2.75, 3.05) is 23.9 Å². The summed E-state index contributed by atoms with van der Waals surface area (Å²) < 4.78 is 45.3. The van der Waals surface area contributed by atoms with Gasteiger partial charge >= 0.3 is 12.1 Å². The molecule has 0 unspecified atom stereocenters. The third-order valence-electron chi connectivity index (χ3n) is 7.71. The third kappa shape index (κ3) is 7.60. The first-order valence-electron chi connectivity index (χ1n) is 13.7. The molecule has 6 nitrogen and oxygen atoms in total. The number of carbonyl (C=O) groups is 2. The molecule has 3 aromatic carbocycles. The Morgan fingerprint density at radius 3 is 2.20 bits per heavy atom. The van der Waals surface area contributed by atoms with Crippen molar-refractivity contribution < 1.29 is 32.6 Å². The number of amides is 1. The minimum Gasteiger partial charge on any atom is -0.497 e. The highest BCUT2D eigenvalue weighted by molar-refractivity contribution is 5.96. The van der Waals surface area contributed by atoms with Crippen LogP contribution < -0.4 is 15.0 Å². The highest BCUT2D eigenvalue weighted by Crippen LogP contribution is 2.44. The van der Waals surface area contributed by atoms with Crippen molar-refractivity contribution in [3.05, 3.63) is 89.0 Å². The van der Waals surface area contributed by atoms with Crippen molar-refractivity contribution in [3.8, 4) is 5.75 Å². The van der Waals surface area contributed by atoms with Crippen LogP contribution in [0.5, 0.6) is 5.75 Å². The Bertz CT molecular complexity index is 1350.